The Bertz CT molecular complexity index is 1250. The average molecular weight is 463 g/mol. The number of likely N-dealkylation sites (N-methyl/N-ethyl adjacent to an activating group) is 1. The second-order valence-corrected chi connectivity index (χ2v) is 9.22. The maximum atomic E-state index is 13.4. The normalized spacial score (nSPS) is 16.2. The van der Waals surface area contributed by atoms with E-state index < -0.39 is 0 Å². The van der Waals surface area contributed by atoms with E-state index in [1.165, 1.54) is 0 Å². The number of urea groups is 1. The zero-order chi connectivity index (χ0) is 23.1. The van der Waals surface area contributed by atoms with Crippen LogP contribution in [-0.2, 0) is 6.42 Å². The summed E-state index contributed by atoms with van der Waals surface area (Å²) in [5.74, 6) is 0.00543. The summed E-state index contributed by atoms with van der Waals surface area (Å²) in [6.07, 6.45) is 0.773. The van der Waals surface area contributed by atoms with Gasteiger partial charge in [-0.15, -0.1) is 0 Å². The number of halogens is 1. The minimum Gasteiger partial charge on any atom is -0.368 e. The van der Waals surface area contributed by atoms with Gasteiger partial charge in [0.05, 0.1) is 22.1 Å². The van der Waals surface area contributed by atoms with Crippen molar-refractivity contribution in [2.24, 2.45) is 0 Å². The number of nitrogens with zero attached hydrogens (tertiary/aromatic N) is 3. The minimum atomic E-state index is -0.180. The van der Waals surface area contributed by atoms with Gasteiger partial charge < -0.3 is 15.1 Å². The van der Waals surface area contributed by atoms with Crippen LogP contribution in [0.15, 0.2) is 48.5 Å². The Balaban J connectivity index is 1.43. The van der Waals surface area contributed by atoms with Crippen LogP contribution in [0.5, 0.6) is 0 Å². The molecule has 2 aliphatic rings. The number of rotatable bonds is 3. The van der Waals surface area contributed by atoms with Crippen molar-refractivity contribution in [2.75, 3.05) is 54.9 Å². The summed E-state index contributed by atoms with van der Waals surface area (Å²) >= 11 is 6.64. The zero-order valence-corrected chi connectivity index (χ0v) is 19.7. The maximum absolute atomic E-state index is 13.4. The molecule has 0 aromatic heterocycles. The van der Waals surface area contributed by atoms with Crippen molar-refractivity contribution in [2.45, 2.75) is 13.3 Å². The molecule has 0 radical (unpaired) electrons. The highest BCUT2D eigenvalue weighted by atomic mass is 35.5. The highest BCUT2D eigenvalue weighted by Crippen LogP contribution is 2.38. The van der Waals surface area contributed by atoms with Crippen LogP contribution in [0.4, 0.5) is 21.9 Å². The first-order chi connectivity index (χ1) is 15.9. The highest BCUT2D eigenvalue weighted by molar-refractivity contribution is 6.33. The van der Waals surface area contributed by atoms with Crippen LogP contribution in [0.3, 0.4) is 0 Å². The molecule has 0 unspecified atom stereocenters. The smallest absolute Gasteiger partial charge is 0.326 e. The van der Waals surface area contributed by atoms with E-state index in [4.69, 9.17) is 11.6 Å². The van der Waals surface area contributed by atoms with E-state index in [1.807, 2.05) is 42.5 Å². The molecular weight excluding hydrogens is 436 g/mol. The Morgan fingerprint density at radius 3 is 2.39 bits per heavy atom. The van der Waals surface area contributed by atoms with Gasteiger partial charge >= 0.3 is 6.03 Å². The minimum absolute atomic E-state index is 0.00543. The van der Waals surface area contributed by atoms with Gasteiger partial charge in [0.15, 0.2) is 5.78 Å². The van der Waals surface area contributed by atoms with Gasteiger partial charge in [-0.1, -0.05) is 41.9 Å². The van der Waals surface area contributed by atoms with Crippen molar-refractivity contribution in [3.63, 3.8) is 0 Å². The summed E-state index contributed by atoms with van der Waals surface area (Å²) < 4.78 is 0. The predicted molar refractivity (Wildman–Crippen MR) is 135 cm³/mol. The van der Waals surface area contributed by atoms with Crippen LogP contribution < -0.4 is 15.1 Å². The number of anilines is 3. The number of benzene rings is 3. The van der Waals surface area contributed by atoms with E-state index in [-0.39, 0.29) is 11.8 Å². The Kier molecular flexibility index (Phi) is 5.72. The number of nitrogens with one attached hydrogen (secondary N) is 1. The van der Waals surface area contributed by atoms with Gasteiger partial charge in [0.1, 0.15) is 0 Å². The number of hydrogen-bond donors (Lipinski definition) is 1. The lowest BCUT2D eigenvalue weighted by atomic mass is 10.0. The number of fused-ring (bicyclic) bond motifs is 2. The summed E-state index contributed by atoms with van der Waals surface area (Å²) in [5, 5.41) is 5.51. The molecule has 0 saturated carbocycles. The number of Topliss-reactive ketones (excluding diaryl/α,β-unsaturated/α-hetero) is 1. The van der Waals surface area contributed by atoms with Crippen molar-refractivity contribution < 1.29 is 9.59 Å². The molecule has 3 aromatic carbocycles. The molecule has 170 valence electrons. The number of amides is 2. The molecule has 6 nitrogen and oxygen atoms in total. The molecule has 2 aliphatic heterocycles. The van der Waals surface area contributed by atoms with Crippen LogP contribution in [0, 0.1) is 0 Å². The molecule has 0 spiro atoms. The summed E-state index contributed by atoms with van der Waals surface area (Å²) in [4.78, 5) is 31.8. The molecule has 0 atom stereocenters. The lowest BCUT2D eigenvalue weighted by Crippen LogP contribution is -2.44. The number of hydrogen-bond acceptors (Lipinski definition) is 4. The first-order valence-electron chi connectivity index (χ1n) is 11.3. The van der Waals surface area contributed by atoms with Gasteiger partial charge in [-0.05, 0) is 49.5 Å². The standard InChI is InChI=1S/C26H27ClN4O2/c1-17(32)19-5-3-7-21-20(19)6-4-8-23(21)28-26(33)31-10-9-18-15-22(27)25(16-24(18)31)30-13-11-29(2)12-14-30/h3-8,15-16H,9-14H2,1-2H3,(H,28,33). The van der Waals surface area contributed by atoms with E-state index in [1.54, 1.807) is 11.8 Å². The Morgan fingerprint density at radius 2 is 1.64 bits per heavy atom. The first-order valence-corrected chi connectivity index (χ1v) is 11.7. The quantitative estimate of drug-likeness (QED) is 0.554. The van der Waals surface area contributed by atoms with Crippen molar-refractivity contribution >= 4 is 51.2 Å². The fraction of sp³-hybridized carbons (Fsp3) is 0.308. The summed E-state index contributed by atoms with van der Waals surface area (Å²) in [5.41, 5.74) is 4.34. The van der Waals surface area contributed by atoms with Crippen molar-refractivity contribution in [1.82, 2.24) is 4.90 Å². The largest absolute Gasteiger partial charge is 0.368 e. The lowest BCUT2D eigenvalue weighted by Gasteiger charge is -2.35. The topological polar surface area (TPSA) is 55.9 Å². The van der Waals surface area contributed by atoms with E-state index in [0.29, 0.717) is 17.8 Å². The van der Waals surface area contributed by atoms with Gasteiger partial charge in [0.2, 0.25) is 0 Å². The van der Waals surface area contributed by atoms with E-state index >= 15 is 0 Å². The van der Waals surface area contributed by atoms with Gasteiger partial charge in [-0.3, -0.25) is 9.69 Å². The van der Waals surface area contributed by atoms with Crippen LogP contribution >= 0.6 is 11.6 Å². The second kappa shape index (κ2) is 8.69. The molecule has 33 heavy (non-hydrogen) atoms. The monoisotopic (exact) mass is 462 g/mol. The molecular formula is C26H27ClN4O2. The van der Waals surface area contributed by atoms with E-state index in [9.17, 15) is 9.59 Å². The number of carbonyl (C=O) groups is 2. The number of ketones is 1. The van der Waals surface area contributed by atoms with E-state index in [2.05, 4.69) is 28.2 Å². The van der Waals surface area contributed by atoms with Gasteiger partial charge in [-0.25, -0.2) is 4.79 Å². The van der Waals surface area contributed by atoms with Crippen LogP contribution in [0.1, 0.15) is 22.8 Å². The lowest BCUT2D eigenvalue weighted by molar-refractivity contribution is 0.101. The van der Waals surface area contributed by atoms with E-state index in [0.717, 1.165) is 65.3 Å². The summed E-state index contributed by atoms with van der Waals surface area (Å²) in [7, 11) is 2.13. The molecule has 2 amide bonds. The molecule has 1 fully saturated rings. The van der Waals surface area contributed by atoms with Crippen LogP contribution in [0.2, 0.25) is 5.02 Å². The number of piperazine rings is 1. The fourth-order valence-corrected chi connectivity index (χ4v) is 5.11. The maximum Gasteiger partial charge on any atom is 0.326 e. The molecule has 2 heterocycles. The van der Waals surface area contributed by atoms with Crippen molar-refractivity contribution in [1.29, 1.82) is 0 Å². The molecule has 7 heteroatoms. The predicted octanol–water partition coefficient (Wildman–Crippen LogP) is 5.04. The Hall–Kier alpha value is -3.09. The Labute approximate surface area is 198 Å². The first kappa shape index (κ1) is 21.7. The molecule has 1 N–H and O–H groups in total. The third-order valence-electron chi connectivity index (χ3n) is 6.68. The van der Waals surface area contributed by atoms with Gasteiger partial charge in [0.25, 0.3) is 0 Å². The van der Waals surface area contributed by atoms with Gasteiger partial charge in [0, 0.05) is 43.7 Å². The Morgan fingerprint density at radius 1 is 0.909 bits per heavy atom. The molecule has 1 saturated heterocycles. The van der Waals surface area contributed by atoms with Gasteiger partial charge in [-0.2, -0.15) is 0 Å². The molecule has 5 rings (SSSR count). The second-order valence-electron chi connectivity index (χ2n) is 8.82. The third-order valence-corrected chi connectivity index (χ3v) is 6.98. The van der Waals surface area contributed by atoms with Crippen LogP contribution in [-0.4, -0.2) is 56.5 Å². The number of carbonyl (C=O) groups excluding carboxylic acids is 2. The average Bonchev–Trinajstić information content (AvgIpc) is 3.21. The zero-order valence-electron chi connectivity index (χ0n) is 18.9. The molecule has 3 aromatic rings. The summed E-state index contributed by atoms with van der Waals surface area (Å²) in [6.45, 7) is 5.96. The summed E-state index contributed by atoms with van der Waals surface area (Å²) in [6, 6.07) is 15.1. The van der Waals surface area contributed by atoms with Crippen molar-refractivity contribution in [3.05, 3.63) is 64.7 Å². The SMILES string of the molecule is CC(=O)c1cccc2c(NC(=O)N3CCc4cc(Cl)c(N5CCN(C)CC5)cc43)cccc12. The molecule has 0 aliphatic carbocycles. The highest BCUT2D eigenvalue weighted by Gasteiger charge is 2.28. The van der Waals surface area contributed by atoms with Crippen molar-refractivity contribution in [3.8, 4) is 0 Å². The van der Waals surface area contributed by atoms with Crippen LogP contribution in [0.25, 0.3) is 10.8 Å². The fourth-order valence-electron chi connectivity index (χ4n) is 4.81. The third kappa shape index (κ3) is 4.05. The molecule has 0 bridgehead atoms.